The molecule has 0 amide bonds. The van der Waals surface area contributed by atoms with Gasteiger partial charge in [0, 0.05) is 0 Å². The molecular weight excluding hydrogens is 185 g/mol. The Hall–Kier alpha value is -2.09. The number of imidazole rings is 1. The minimum atomic E-state index is -0.490. The van der Waals surface area contributed by atoms with E-state index in [1.54, 1.807) is 6.07 Å². The zero-order chi connectivity index (χ0) is 10.1. The SMILES string of the molecule is N#CCn1c(=O)[nH]c2c(F)cccc21. The number of benzene rings is 1. The van der Waals surface area contributed by atoms with Gasteiger partial charge in [0.2, 0.25) is 0 Å². The molecule has 14 heavy (non-hydrogen) atoms. The lowest BCUT2D eigenvalue weighted by atomic mass is 10.3. The van der Waals surface area contributed by atoms with E-state index in [4.69, 9.17) is 5.26 Å². The summed E-state index contributed by atoms with van der Waals surface area (Å²) < 4.78 is 14.3. The van der Waals surface area contributed by atoms with E-state index in [-0.39, 0.29) is 12.1 Å². The molecular formula is C9H6FN3O. The van der Waals surface area contributed by atoms with Crippen LogP contribution < -0.4 is 5.69 Å². The van der Waals surface area contributed by atoms with Gasteiger partial charge in [0.15, 0.2) is 0 Å². The van der Waals surface area contributed by atoms with Gasteiger partial charge in [-0.1, -0.05) is 6.07 Å². The van der Waals surface area contributed by atoms with Crippen LogP contribution in [0.4, 0.5) is 4.39 Å². The summed E-state index contributed by atoms with van der Waals surface area (Å²) in [5, 5.41) is 8.47. The fourth-order valence-electron chi connectivity index (χ4n) is 1.37. The van der Waals surface area contributed by atoms with Gasteiger partial charge in [0.25, 0.3) is 0 Å². The maximum absolute atomic E-state index is 13.2. The Morgan fingerprint density at radius 3 is 3.07 bits per heavy atom. The number of nitrogens with one attached hydrogen (secondary N) is 1. The number of hydrogen-bond acceptors (Lipinski definition) is 2. The molecule has 2 rings (SSSR count). The second-order valence-electron chi connectivity index (χ2n) is 2.81. The van der Waals surface area contributed by atoms with Gasteiger partial charge in [0.05, 0.1) is 11.6 Å². The van der Waals surface area contributed by atoms with Crippen LogP contribution in [-0.4, -0.2) is 9.55 Å². The van der Waals surface area contributed by atoms with E-state index < -0.39 is 11.5 Å². The van der Waals surface area contributed by atoms with E-state index in [2.05, 4.69) is 4.98 Å². The van der Waals surface area contributed by atoms with Crippen LogP contribution in [0, 0.1) is 17.1 Å². The molecule has 0 saturated carbocycles. The zero-order valence-electron chi connectivity index (χ0n) is 7.12. The Morgan fingerprint density at radius 1 is 1.57 bits per heavy atom. The Bertz CT molecular complexity index is 576. The van der Waals surface area contributed by atoms with Crippen molar-refractivity contribution < 1.29 is 4.39 Å². The molecule has 0 radical (unpaired) electrons. The second-order valence-corrected chi connectivity index (χ2v) is 2.81. The molecule has 0 atom stereocenters. The van der Waals surface area contributed by atoms with E-state index in [9.17, 15) is 9.18 Å². The molecule has 4 nitrogen and oxygen atoms in total. The Balaban J connectivity index is 2.85. The van der Waals surface area contributed by atoms with Crippen molar-refractivity contribution in [1.82, 2.24) is 9.55 Å². The molecule has 1 aromatic heterocycles. The highest BCUT2D eigenvalue weighted by Gasteiger charge is 2.08. The van der Waals surface area contributed by atoms with Gasteiger partial charge in [-0.3, -0.25) is 4.57 Å². The average Bonchev–Trinajstić information content (AvgIpc) is 2.47. The Morgan fingerprint density at radius 2 is 2.36 bits per heavy atom. The summed E-state index contributed by atoms with van der Waals surface area (Å²) in [7, 11) is 0. The summed E-state index contributed by atoms with van der Waals surface area (Å²) in [4.78, 5) is 13.6. The molecule has 0 spiro atoms. The number of aromatic nitrogens is 2. The topological polar surface area (TPSA) is 61.6 Å². The van der Waals surface area contributed by atoms with E-state index in [1.807, 2.05) is 6.07 Å². The van der Waals surface area contributed by atoms with Crippen LogP contribution >= 0.6 is 0 Å². The monoisotopic (exact) mass is 191 g/mol. The molecule has 0 aliphatic rings. The first kappa shape index (κ1) is 8.51. The summed E-state index contributed by atoms with van der Waals surface area (Å²) in [6, 6.07) is 6.19. The molecule has 1 N–H and O–H groups in total. The van der Waals surface area contributed by atoms with Crippen LogP contribution in [0.1, 0.15) is 0 Å². The van der Waals surface area contributed by atoms with Crippen molar-refractivity contribution >= 4 is 11.0 Å². The molecule has 0 fully saturated rings. The number of H-pyrrole nitrogens is 1. The summed E-state index contributed by atoms with van der Waals surface area (Å²) in [6.45, 7) is -0.0811. The van der Waals surface area contributed by atoms with Gasteiger partial charge in [-0.15, -0.1) is 0 Å². The van der Waals surface area contributed by atoms with Crippen LogP contribution in [0.3, 0.4) is 0 Å². The standard InChI is InChI=1S/C9H6FN3O/c10-6-2-1-3-7-8(6)12-9(14)13(7)5-4-11/h1-3H,5H2,(H,12,14). The highest BCUT2D eigenvalue weighted by Crippen LogP contribution is 2.13. The predicted octanol–water partition coefficient (Wildman–Crippen LogP) is 0.992. The predicted molar refractivity (Wildman–Crippen MR) is 48.1 cm³/mol. The highest BCUT2D eigenvalue weighted by molar-refractivity contribution is 5.75. The van der Waals surface area contributed by atoms with Gasteiger partial charge in [-0.25, -0.2) is 9.18 Å². The summed E-state index contributed by atoms with van der Waals surface area (Å²) in [6.07, 6.45) is 0. The quantitative estimate of drug-likeness (QED) is 0.730. The minimum Gasteiger partial charge on any atom is -0.303 e. The lowest BCUT2D eigenvalue weighted by molar-refractivity contribution is 0.637. The number of fused-ring (bicyclic) bond motifs is 1. The first-order chi connectivity index (χ1) is 6.74. The second kappa shape index (κ2) is 3.00. The van der Waals surface area contributed by atoms with Crippen molar-refractivity contribution in [3.05, 3.63) is 34.5 Å². The number of nitriles is 1. The third kappa shape index (κ3) is 1.09. The zero-order valence-corrected chi connectivity index (χ0v) is 7.12. The van der Waals surface area contributed by atoms with Crippen molar-refractivity contribution in [2.75, 3.05) is 0 Å². The summed E-state index contributed by atoms with van der Waals surface area (Å²) in [5.41, 5.74) is 0.0935. The van der Waals surface area contributed by atoms with Gasteiger partial charge in [0.1, 0.15) is 17.9 Å². The Labute approximate surface area is 78.2 Å². The molecule has 0 saturated heterocycles. The van der Waals surface area contributed by atoms with Gasteiger partial charge in [-0.2, -0.15) is 5.26 Å². The lowest BCUT2D eigenvalue weighted by Gasteiger charge is -1.95. The fraction of sp³-hybridized carbons (Fsp3) is 0.111. The van der Waals surface area contributed by atoms with Crippen LogP contribution in [0.5, 0.6) is 0 Å². The van der Waals surface area contributed by atoms with Gasteiger partial charge in [-0.05, 0) is 12.1 Å². The number of para-hydroxylation sites is 1. The van der Waals surface area contributed by atoms with Crippen molar-refractivity contribution in [2.45, 2.75) is 6.54 Å². The van der Waals surface area contributed by atoms with E-state index in [0.29, 0.717) is 5.52 Å². The lowest BCUT2D eigenvalue weighted by Crippen LogP contribution is -2.15. The number of hydrogen-bond donors (Lipinski definition) is 1. The molecule has 5 heteroatoms. The number of nitrogens with zero attached hydrogens (tertiary/aromatic N) is 2. The minimum absolute atomic E-state index is 0.0811. The average molecular weight is 191 g/mol. The van der Waals surface area contributed by atoms with Gasteiger partial charge >= 0.3 is 5.69 Å². The van der Waals surface area contributed by atoms with Crippen molar-refractivity contribution in [3.8, 4) is 6.07 Å². The maximum atomic E-state index is 13.2. The summed E-state index contributed by atoms with van der Waals surface area (Å²) in [5.74, 6) is -0.490. The van der Waals surface area contributed by atoms with Crippen LogP contribution in [-0.2, 0) is 6.54 Å². The molecule has 0 bridgehead atoms. The molecule has 0 unspecified atom stereocenters. The first-order valence-electron chi connectivity index (χ1n) is 3.98. The molecule has 1 heterocycles. The summed E-state index contributed by atoms with van der Waals surface area (Å²) >= 11 is 0. The largest absolute Gasteiger partial charge is 0.327 e. The third-order valence-corrected chi connectivity index (χ3v) is 1.99. The normalized spacial score (nSPS) is 10.3. The van der Waals surface area contributed by atoms with E-state index in [0.717, 1.165) is 0 Å². The highest BCUT2D eigenvalue weighted by atomic mass is 19.1. The fourth-order valence-corrected chi connectivity index (χ4v) is 1.37. The number of halogens is 1. The van der Waals surface area contributed by atoms with Crippen molar-refractivity contribution in [2.24, 2.45) is 0 Å². The first-order valence-corrected chi connectivity index (χ1v) is 3.98. The molecule has 0 aliphatic heterocycles. The van der Waals surface area contributed by atoms with Crippen molar-refractivity contribution in [1.29, 1.82) is 5.26 Å². The van der Waals surface area contributed by atoms with Gasteiger partial charge < -0.3 is 4.98 Å². The smallest absolute Gasteiger partial charge is 0.303 e. The van der Waals surface area contributed by atoms with Crippen molar-refractivity contribution in [3.63, 3.8) is 0 Å². The van der Waals surface area contributed by atoms with E-state index >= 15 is 0 Å². The van der Waals surface area contributed by atoms with Crippen LogP contribution in [0.25, 0.3) is 11.0 Å². The third-order valence-electron chi connectivity index (χ3n) is 1.99. The number of aromatic amines is 1. The van der Waals surface area contributed by atoms with E-state index in [1.165, 1.54) is 16.7 Å². The molecule has 70 valence electrons. The Kier molecular flexibility index (Phi) is 1.82. The molecule has 2 aromatic rings. The number of rotatable bonds is 1. The molecule has 0 aliphatic carbocycles. The van der Waals surface area contributed by atoms with Crippen LogP contribution in [0.15, 0.2) is 23.0 Å². The molecule has 1 aromatic carbocycles. The maximum Gasteiger partial charge on any atom is 0.327 e. The van der Waals surface area contributed by atoms with Crippen LogP contribution in [0.2, 0.25) is 0 Å².